The minimum Gasteiger partial charge on any atom is -0.312 e. The maximum absolute atomic E-state index is 12.6. The van der Waals surface area contributed by atoms with Gasteiger partial charge in [0.1, 0.15) is 6.04 Å². The zero-order chi connectivity index (χ0) is 16.7. The fraction of sp³-hybridized carbons (Fsp3) is 0.579. The van der Waals surface area contributed by atoms with E-state index in [0.717, 1.165) is 45.3 Å². The summed E-state index contributed by atoms with van der Waals surface area (Å²) in [4.78, 5) is 30.9. The van der Waals surface area contributed by atoms with Crippen LogP contribution in [0.5, 0.6) is 0 Å². The lowest BCUT2D eigenvalue weighted by atomic mass is 9.99. The molecule has 0 aromatic heterocycles. The molecular weight excluding hydrogens is 302 g/mol. The molecule has 0 saturated carbocycles. The second-order valence-corrected chi connectivity index (χ2v) is 7.20. The number of benzene rings is 1. The van der Waals surface area contributed by atoms with Gasteiger partial charge in [0.15, 0.2) is 0 Å². The molecule has 2 atom stereocenters. The van der Waals surface area contributed by atoms with Crippen molar-refractivity contribution in [3.8, 4) is 0 Å². The van der Waals surface area contributed by atoms with Gasteiger partial charge < -0.3 is 4.90 Å². The van der Waals surface area contributed by atoms with Gasteiger partial charge in [-0.3, -0.25) is 14.6 Å². The Kier molecular flexibility index (Phi) is 4.04. The van der Waals surface area contributed by atoms with Gasteiger partial charge >= 0.3 is 6.03 Å². The van der Waals surface area contributed by atoms with Gasteiger partial charge in [0.05, 0.1) is 0 Å². The summed E-state index contributed by atoms with van der Waals surface area (Å²) < 4.78 is 0. The number of fused-ring (bicyclic) bond motifs is 1. The van der Waals surface area contributed by atoms with Crippen molar-refractivity contribution < 1.29 is 9.59 Å². The average Bonchev–Trinajstić information content (AvgIpc) is 3.20. The van der Waals surface area contributed by atoms with Gasteiger partial charge in [0, 0.05) is 31.7 Å². The molecule has 0 aliphatic carbocycles. The Morgan fingerprint density at radius 1 is 1.00 bits per heavy atom. The highest BCUT2D eigenvalue weighted by Gasteiger charge is 2.50. The topological polar surface area (TPSA) is 43.9 Å². The number of hydrogen-bond acceptors (Lipinski definition) is 3. The van der Waals surface area contributed by atoms with Gasteiger partial charge in [-0.15, -0.1) is 0 Å². The molecular formula is C19H25N3O2. The maximum Gasteiger partial charge on any atom is 0.327 e. The van der Waals surface area contributed by atoms with Crippen LogP contribution in [0.3, 0.4) is 0 Å². The van der Waals surface area contributed by atoms with Crippen LogP contribution in [0, 0.1) is 0 Å². The molecule has 3 fully saturated rings. The molecule has 0 N–H and O–H groups in total. The summed E-state index contributed by atoms with van der Waals surface area (Å²) >= 11 is 0. The first-order valence-electron chi connectivity index (χ1n) is 9.09. The van der Waals surface area contributed by atoms with Gasteiger partial charge in [0.2, 0.25) is 0 Å². The van der Waals surface area contributed by atoms with Crippen LogP contribution in [-0.4, -0.2) is 58.4 Å². The van der Waals surface area contributed by atoms with E-state index in [0.29, 0.717) is 6.04 Å². The lowest BCUT2D eigenvalue weighted by molar-refractivity contribution is -0.130. The van der Waals surface area contributed by atoms with Crippen molar-refractivity contribution in [2.24, 2.45) is 0 Å². The molecule has 3 amide bonds. The molecule has 3 saturated heterocycles. The van der Waals surface area contributed by atoms with Crippen molar-refractivity contribution in [2.75, 3.05) is 19.6 Å². The van der Waals surface area contributed by atoms with Crippen LogP contribution in [0.15, 0.2) is 30.3 Å². The zero-order valence-corrected chi connectivity index (χ0v) is 14.2. The van der Waals surface area contributed by atoms with Gasteiger partial charge in [-0.1, -0.05) is 30.3 Å². The van der Waals surface area contributed by atoms with E-state index >= 15 is 0 Å². The fourth-order valence-electron chi connectivity index (χ4n) is 4.46. The number of carbonyl (C=O) groups excluding carboxylic acids is 2. The number of carbonyl (C=O) groups is 2. The molecule has 0 unspecified atom stereocenters. The lowest BCUT2D eigenvalue weighted by Gasteiger charge is -2.38. The fourth-order valence-corrected chi connectivity index (χ4v) is 4.46. The SMILES string of the molecule is C[C@H](c1ccccc1)N1CCC(N2C(=O)[C@@H]3CCCN3C2=O)CC1. The van der Waals surface area contributed by atoms with E-state index in [2.05, 4.69) is 36.1 Å². The summed E-state index contributed by atoms with van der Waals surface area (Å²) in [6.07, 6.45) is 3.57. The number of likely N-dealkylation sites (tertiary alicyclic amines) is 1. The Bertz CT molecular complexity index is 603. The highest BCUT2D eigenvalue weighted by molar-refractivity contribution is 6.04. The van der Waals surface area contributed by atoms with E-state index in [9.17, 15) is 9.59 Å². The van der Waals surface area contributed by atoms with Gasteiger partial charge in [-0.2, -0.15) is 0 Å². The molecule has 3 aliphatic rings. The van der Waals surface area contributed by atoms with Crippen molar-refractivity contribution >= 4 is 11.9 Å². The molecule has 4 rings (SSSR count). The Morgan fingerprint density at radius 3 is 2.38 bits per heavy atom. The number of rotatable bonds is 3. The first-order valence-corrected chi connectivity index (χ1v) is 9.09. The van der Waals surface area contributed by atoms with Crippen molar-refractivity contribution in [3.05, 3.63) is 35.9 Å². The van der Waals surface area contributed by atoms with Gasteiger partial charge in [-0.05, 0) is 38.2 Å². The van der Waals surface area contributed by atoms with E-state index < -0.39 is 0 Å². The molecule has 1 aromatic carbocycles. The number of nitrogens with zero attached hydrogens (tertiary/aromatic N) is 3. The first-order chi connectivity index (χ1) is 11.7. The Hall–Kier alpha value is -1.88. The molecule has 5 nitrogen and oxygen atoms in total. The third kappa shape index (κ3) is 2.51. The second-order valence-electron chi connectivity index (χ2n) is 7.20. The van der Waals surface area contributed by atoms with Crippen LogP contribution in [0.1, 0.15) is 44.2 Å². The molecule has 0 bridgehead atoms. The Morgan fingerprint density at radius 2 is 1.71 bits per heavy atom. The smallest absolute Gasteiger partial charge is 0.312 e. The van der Waals surface area contributed by atoms with E-state index in [1.165, 1.54) is 5.56 Å². The number of amides is 3. The van der Waals surface area contributed by atoms with E-state index in [1.54, 1.807) is 9.80 Å². The van der Waals surface area contributed by atoms with Gasteiger partial charge in [0.25, 0.3) is 5.91 Å². The predicted molar refractivity (Wildman–Crippen MR) is 91.4 cm³/mol. The Balaban J connectivity index is 1.40. The van der Waals surface area contributed by atoms with Crippen LogP contribution >= 0.6 is 0 Å². The van der Waals surface area contributed by atoms with Crippen molar-refractivity contribution in [3.63, 3.8) is 0 Å². The van der Waals surface area contributed by atoms with Crippen molar-refractivity contribution in [1.29, 1.82) is 0 Å². The van der Waals surface area contributed by atoms with Gasteiger partial charge in [-0.25, -0.2) is 4.79 Å². The van der Waals surface area contributed by atoms with Crippen LogP contribution in [0.2, 0.25) is 0 Å². The largest absolute Gasteiger partial charge is 0.327 e. The maximum atomic E-state index is 12.6. The molecule has 0 radical (unpaired) electrons. The summed E-state index contributed by atoms with van der Waals surface area (Å²) in [5, 5.41) is 0. The predicted octanol–water partition coefficient (Wildman–Crippen LogP) is 2.64. The summed E-state index contributed by atoms with van der Waals surface area (Å²) in [5.41, 5.74) is 1.32. The number of piperidine rings is 1. The quantitative estimate of drug-likeness (QED) is 0.802. The molecule has 3 heterocycles. The molecule has 1 aromatic rings. The minimum absolute atomic E-state index is 0.0444. The molecule has 24 heavy (non-hydrogen) atoms. The Labute approximate surface area is 143 Å². The highest BCUT2D eigenvalue weighted by Crippen LogP contribution is 2.32. The normalized spacial score (nSPS) is 27.0. The third-order valence-electron chi connectivity index (χ3n) is 5.92. The third-order valence-corrected chi connectivity index (χ3v) is 5.92. The monoisotopic (exact) mass is 327 g/mol. The zero-order valence-electron chi connectivity index (χ0n) is 14.2. The number of urea groups is 1. The van der Waals surface area contributed by atoms with E-state index in [-0.39, 0.29) is 24.0 Å². The first kappa shape index (κ1) is 15.6. The van der Waals surface area contributed by atoms with E-state index in [1.807, 2.05) is 6.07 Å². The molecule has 5 heteroatoms. The number of hydrogen-bond donors (Lipinski definition) is 0. The summed E-state index contributed by atoms with van der Waals surface area (Å²) in [5.74, 6) is 0.0482. The average molecular weight is 327 g/mol. The molecule has 0 spiro atoms. The van der Waals surface area contributed by atoms with Crippen LogP contribution in [0.25, 0.3) is 0 Å². The van der Waals surface area contributed by atoms with Crippen LogP contribution in [0.4, 0.5) is 4.79 Å². The van der Waals surface area contributed by atoms with Crippen LogP contribution < -0.4 is 0 Å². The van der Waals surface area contributed by atoms with E-state index in [4.69, 9.17) is 0 Å². The lowest BCUT2D eigenvalue weighted by Crippen LogP contribution is -2.48. The van der Waals surface area contributed by atoms with Crippen molar-refractivity contribution in [1.82, 2.24) is 14.7 Å². The summed E-state index contributed by atoms with van der Waals surface area (Å²) in [6.45, 7) is 4.85. The number of imide groups is 1. The highest BCUT2D eigenvalue weighted by atomic mass is 16.2. The second kappa shape index (κ2) is 6.20. The standard InChI is InChI=1S/C19H25N3O2/c1-14(15-6-3-2-4-7-15)20-12-9-16(10-13-20)22-18(23)17-8-5-11-21(17)19(22)24/h2-4,6-7,14,16-17H,5,8-13H2,1H3/t14-,17+/m1/s1. The summed E-state index contributed by atoms with van der Waals surface area (Å²) in [6, 6.07) is 10.8. The molecule has 3 aliphatic heterocycles. The minimum atomic E-state index is -0.168. The molecule has 128 valence electrons. The van der Waals surface area contributed by atoms with Crippen molar-refractivity contribution in [2.45, 2.75) is 50.7 Å². The summed E-state index contributed by atoms with van der Waals surface area (Å²) in [7, 11) is 0. The van der Waals surface area contributed by atoms with Crippen LogP contribution in [-0.2, 0) is 4.79 Å².